The molecule has 0 amide bonds. The third-order valence-electron chi connectivity index (χ3n) is 2.10. The second-order valence-electron chi connectivity index (χ2n) is 3.27. The van der Waals surface area contributed by atoms with Crippen LogP contribution >= 0.6 is 23.2 Å². The van der Waals surface area contributed by atoms with Gasteiger partial charge in [0.1, 0.15) is 5.02 Å². The zero-order valence-electron chi connectivity index (χ0n) is 8.42. The Hall–Kier alpha value is -1.59. The first kappa shape index (κ1) is 11.9. The van der Waals surface area contributed by atoms with Crippen LogP contribution in [-0.2, 0) is 0 Å². The van der Waals surface area contributed by atoms with E-state index in [4.69, 9.17) is 34.7 Å². The summed E-state index contributed by atoms with van der Waals surface area (Å²) in [5.41, 5.74) is 12.0. The van der Waals surface area contributed by atoms with Gasteiger partial charge in [-0.05, 0) is 12.1 Å². The Bertz CT molecular complexity index is 589. The fraction of sp³-hybridized carbons (Fsp3) is 0. The van der Waals surface area contributed by atoms with Gasteiger partial charge in [-0.2, -0.15) is 9.37 Å². The molecule has 88 valence electrons. The molecule has 0 aliphatic carbocycles. The molecule has 7 heteroatoms. The lowest BCUT2D eigenvalue weighted by atomic mass is 10.1. The van der Waals surface area contributed by atoms with Crippen molar-refractivity contribution in [2.75, 3.05) is 11.5 Å². The van der Waals surface area contributed by atoms with E-state index in [9.17, 15) is 4.39 Å². The number of hydrogen-bond acceptors (Lipinski definition) is 4. The van der Waals surface area contributed by atoms with Crippen molar-refractivity contribution in [3.63, 3.8) is 0 Å². The van der Waals surface area contributed by atoms with E-state index in [-0.39, 0.29) is 16.7 Å². The van der Waals surface area contributed by atoms with Crippen LogP contribution < -0.4 is 11.5 Å². The monoisotopic (exact) mass is 272 g/mol. The largest absolute Gasteiger partial charge is 0.398 e. The molecular weight excluding hydrogens is 266 g/mol. The van der Waals surface area contributed by atoms with Crippen molar-refractivity contribution in [3.05, 3.63) is 34.2 Å². The smallest absolute Gasteiger partial charge is 0.237 e. The summed E-state index contributed by atoms with van der Waals surface area (Å²) in [6.07, 6.45) is 0. The number of nitrogens with zero attached hydrogens (tertiary/aromatic N) is 2. The number of anilines is 2. The Morgan fingerprint density at radius 2 is 1.82 bits per heavy atom. The normalized spacial score (nSPS) is 10.5. The highest BCUT2D eigenvalue weighted by atomic mass is 35.5. The van der Waals surface area contributed by atoms with Gasteiger partial charge in [0.05, 0.1) is 16.4 Å². The van der Waals surface area contributed by atoms with E-state index in [2.05, 4.69) is 9.97 Å². The first-order valence-electron chi connectivity index (χ1n) is 4.53. The molecule has 0 saturated carbocycles. The maximum atomic E-state index is 13.3. The predicted octanol–water partition coefficient (Wildman–Crippen LogP) is 2.75. The third-order valence-corrected chi connectivity index (χ3v) is 2.76. The van der Waals surface area contributed by atoms with Gasteiger partial charge in [-0.15, -0.1) is 0 Å². The van der Waals surface area contributed by atoms with E-state index in [0.29, 0.717) is 16.3 Å². The second kappa shape index (κ2) is 4.35. The average molecular weight is 273 g/mol. The molecule has 17 heavy (non-hydrogen) atoms. The average Bonchev–Trinajstić information content (AvgIpc) is 2.27. The summed E-state index contributed by atoms with van der Waals surface area (Å²) in [6, 6.07) is 4.72. The number of aromatic nitrogens is 2. The van der Waals surface area contributed by atoms with Crippen molar-refractivity contribution in [3.8, 4) is 11.3 Å². The quantitative estimate of drug-likeness (QED) is 0.618. The lowest BCUT2D eigenvalue weighted by Crippen LogP contribution is -2.01. The molecule has 1 aromatic carbocycles. The molecule has 0 saturated heterocycles. The van der Waals surface area contributed by atoms with Crippen LogP contribution in [0.5, 0.6) is 0 Å². The van der Waals surface area contributed by atoms with Crippen molar-refractivity contribution >= 4 is 34.8 Å². The van der Waals surface area contributed by atoms with Crippen molar-refractivity contribution < 1.29 is 4.39 Å². The first-order chi connectivity index (χ1) is 7.99. The number of benzene rings is 1. The molecule has 0 aliphatic heterocycles. The summed E-state index contributed by atoms with van der Waals surface area (Å²) < 4.78 is 13.3. The molecule has 0 aliphatic rings. The Morgan fingerprint density at radius 3 is 2.47 bits per heavy atom. The summed E-state index contributed by atoms with van der Waals surface area (Å²) in [5.74, 6) is -1.07. The van der Waals surface area contributed by atoms with Crippen LogP contribution in [0.2, 0.25) is 10.0 Å². The van der Waals surface area contributed by atoms with Crippen LogP contribution in [0.25, 0.3) is 11.3 Å². The van der Waals surface area contributed by atoms with Gasteiger partial charge in [0, 0.05) is 5.56 Å². The molecule has 2 rings (SSSR count). The zero-order chi connectivity index (χ0) is 12.6. The highest BCUT2D eigenvalue weighted by molar-refractivity contribution is 6.34. The molecule has 0 radical (unpaired) electrons. The van der Waals surface area contributed by atoms with Crippen LogP contribution in [0.4, 0.5) is 16.0 Å². The molecular formula is C10H7Cl2FN4. The number of rotatable bonds is 1. The van der Waals surface area contributed by atoms with E-state index >= 15 is 0 Å². The Morgan fingerprint density at radius 1 is 1.12 bits per heavy atom. The van der Waals surface area contributed by atoms with Crippen molar-refractivity contribution in [1.29, 1.82) is 0 Å². The molecule has 0 atom stereocenters. The van der Waals surface area contributed by atoms with E-state index in [0.717, 1.165) is 0 Å². The van der Waals surface area contributed by atoms with E-state index in [1.165, 1.54) is 6.07 Å². The summed E-state index contributed by atoms with van der Waals surface area (Å²) >= 11 is 11.6. The minimum absolute atomic E-state index is 0.179. The van der Waals surface area contributed by atoms with Crippen molar-refractivity contribution in [2.45, 2.75) is 0 Å². The third kappa shape index (κ3) is 2.25. The molecule has 1 aromatic heterocycles. The van der Waals surface area contributed by atoms with E-state index in [1.54, 1.807) is 12.1 Å². The van der Waals surface area contributed by atoms with Gasteiger partial charge in [0.25, 0.3) is 0 Å². The molecule has 0 unspecified atom stereocenters. The number of nitrogens with two attached hydrogens (primary N) is 2. The molecule has 0 spiro atoms. The highest BCUT2D eigenvalue weighted by Gasteiger charge is 2.13. The minimum atomic E-state index is -0.873. The number of nitrogen functional groups attached to an aromatic ring is 2. The number of halogens is 3. The van der Waals surface area contributed by atoms with Crippen LogP contribution in [0.1, 0.15) is 0 Å². The van der Waals surface area contributed by atoms with E-state index in [1.807, 2.05) is 0 Å². The van der Waals surface area contributed by atoms with Crippen LogP contribution in [-0.4, -0.2) is 9.97 Å². The molecule has 2 aromatic rings. The maximum Gasteiger partial charge on any atom is 0.237 e. The number of hydrogen-bond donors (Lipinski definition) is 2. The SMILES string of the molecule is Nc1nc(F)c(Cl)c(-c2ccc(N)c(Cl)c2)n1. The van der Waals surface area contributed by atoms with Crippen molar-refractivity contribution in [2.24, 2.45) is 0 Å². The van der Waals surface area contributed by atoms with Gasteiger partial charge in [0.15, 0.2) is 0 Å². The second-order valence-corrected chi connectivity index (χ2v) is 4.06. The highest BCUT2D eigenvalue weighted by Crippen LogP contribution is 2.31. The van der Waals surface area contributed by atoms with E-state index < -0.39 is 5.95 Å². The van der Waals surface area contributed by atoms with Crippen LogP contribution in [0.3, 0.4) is 0 Å². The van der Waals surface area contributed by atoms with Crippen LogP contribution in [0.15, 0.2) is 18.2 Å². The fourth-order valence-corrected chi connectivity index (χ4v) is 1.68. The zero-order valence-corrected chi connectivity index (χ0v) is 9.93. The molecule has 0 bridgehead atoms. The summed E-state index contributed by atoms with van der Waals surface area (Å²) in [6.45, 7) is 0. The standard InChI is InChI=1S/C10H7Cl2FN4/c11-5-3-4(1-2-6(5)14)8-7(12)9(13)17-10(15)16-8/h1-3H,14H2,(H2,15,16,17). The molecule has 4 N–H and O–H groups in total. The summed E-state index contributed by atoms with van der Waals surface area (Å²) in [4.78, 5) is 7.18. The van der Waals surface area contributed by atoms with Gasteiger partial charge < -0.3 is 11.5 Å². The van der Waals surface area contributed by atoms with Gasteiger partial charge in [-0.1, -0.05) is 29.3 Å². The molecule has 0 fully saturated rings. The topological polar surface area (TPSA) is 77.8 Å². The van der Waals surface area contributed by atoms with Gasteiger partial charge >= 0.3 is 0 Å². The maximum absolute atomic E-state index is 13.3. The minimum Gasteiger partial charge on any atom is -0.398 e. The molecule has 1 heterocycles. The van der Waals surface area contributed by atoms with Gasteiger partial charge in [0.2, 0.25) is 11.9 Å². The Kier molecular flexibility index (Phi) is 3.04. The van der Waals surface area contributed by atoms with Gasteiger partial charge in [-0.3, -0.25) is 0 Å². The lowest BCUT2D eigenvalue weighted by molar-refractivity contribution is 0.583. The first-order valence-corrected chi connectivity index (χ1v) is 5.28. The Labute approximate surface area is 106 Å². The van der Waals surface area contributed by atoms with Crippen molar-refractivity contribution in [1.82, 2.24) is 9.97 Å². The van der Waals surface area contributed by atoms with Crippen LogP contribution in [0, 0.1) is 5.95 Å². The summed E-state index contributed by atoms with van der Waals surface area (Å²) in [7, 11) is 0. The summed E-state index contributed by atoms with van der Waals surface area (Å²) in [5, 5.41) is 0.121. The Balaban J connectivity index is 2.64. The predicted molar refractivity (Wildman–Crippen MR) is 66.3 cm³/mol. The van der Waals surface area contributed by atoms with Gasteiger partial charge in [-0.25, -0.2) is 4.98 Å². The fourth-order valence-electron chi connectivity index (χ4n) is 1.30. The lowest BCUT2D eigenvalue weighted by Gasteiger charge is -2.06. The molecule has 4 nitrogen and oxygen atoms in total.